The average molecular weight is 380 g/mol. The average Bonchev–Trinajstić information content (AvgIpc) is 3.01. The minimum absolute atomic E-state index is 0.313. The van der Waals surface area contributed by atoms with E-state index >= 15 is 0 Å². The van der Waals surface area contributed by atoms with E-state index in [9.17, 15) is 4.79 Å². The summed E-state index contributed by atoms with van der Waals surface area (Å²) in [5, 5.41) is 9.89. The molecule has 0 unspecified atom stereocenters. The summed E-state index contributed by atoms with van der Waals surface area (Å²) in [6, 6.07) is 0. The number of aliphatic imine (C=N–C) groups is 1. The maximum atomic E-state index is 12.0. The van der Waals surface area contributed by atoms with Crippen LogP contribution in [0.25, 0.3) is 0 Å². The molecule has 1 aliphatic heterocycles. The third-order valence-corrected chi connectivity index (χ3v) is 5.57. The Balaban J connectivity index is 1.76. The minimum Gasteiger partial charge on any atom is -0.357 e. The number of hydrogen-bond donors (Lipinski definition) is 2. The van der Waals surface area contributed by atoms with Crippen molar-refractivity contribution in [2.45, 2.75) is 65.3 Å². The molecular weight excluding hydrogens is 346 g/mol. The van der Waals surface area contributed by atoms with E-state index in [2.05, 4.69) is 46.8 Å². The number of likely N-dealkylation sites (tertiary alicyclic amines) is 1. The Morgan fingerprint density at radius 1 is 1.35 bits per heavy atom. The van der Waals surface area contributed by atoms with E-state index in [1.807, 2.05) is 4.90 Å². The van der Waals surface area contributed by atoms with Gasteiger partial charge in [0, 0.05) is 43.9 Å². The number of thiazole rings is 1. The van der Waals surface area contributed by atoms with E-state index in [4.69, 9.17) is 0 Å². The molecule has 6 nitrogen and oxygen atoms in total. The molecule has 1 amide bonds. The van der Waals surface area contributed by atoms with Gasteiger partial charge in [-0.05, 0) is 26.2 Å². The smallest absolute Gasteiger partial charge is 0.222 e. The molecule has 1 fully saturated rings. The summed E-state index contributed by atoms with van der Waals surface area (Å²) in [6.07, 6.45) is 5.00. The molecule has 1 aromatic heterocycles. The van der Waals surface area contributed by atoms with Gasteiger partial charge >= 0.3 is 0 Å². The van der Waals surface area contributed by atoms with E-state index < -0.39 is 0 Å². The van der Waals surface area contributed by atoms with Crippen LogP contribution in [0.4, 0.5) is 0 Å². The van der Waals surface area contributed by atoms with Crippen molar-refractivity contribution in [3.8, 4) is 0 Å². The molecule has 26 heavy (non-hydrogen) atoms. The Morgan fingerprint density at radius 2 is 2.19 bits per heavy atom. The minimum atomic E-state index is 0.313. The number of nitrogens with zero attached hydrogens (tertiary/aromatic N) is 3. The fourth-order valence-corrected chi connectivity index (χ4v) is 3.74. The molecule has 0 radical (unpaired) electrons. The summed E-state index contributed by atoms with van der Waals surface area (Å²) in [6.45, 7) is 10.3. The van der Waals surface area contributed by atoms with Gasteiger partial charge in [-0.2, -0.15) is 0 Å². The van der Waals surface area contributed by atoms with Gasteiger partial charge in [0.15, 0.2) is 5.96 Å². The highest BCUT2D eigenvalue weighted by atomic mass is 32.1. The lowest BCUT2D eigenvalue weighted by atomic mass is 10.2. The summed E-state index contributed by atoms with van der Waals surface area (Å²) in [4.78, 5) is 23.3. The SMILES string of the molecule is CCNC(=NCc1csc(C(C)C)n1)NCCCN1CCCCCC1=O. The van der Waals surface area contributed by atoms with Gasteiger partial charge in [0.05, 0.1) is 17.2 Å². The number of aromatic nitrogens is 1. The molecule has 146 valence electrons. The van der Waals surface area contributed by atoms with Crippen LogP contribution in [-0.4, -0.2) is 47.9 Å². The van der Waals surface area contributed by atoms with Crippen LogP contribution in [0.15, 0.2) is 10.4 Å². The molecule has 0 spiro atoms. The molecule has 0 aliphatic carbocycles. The lowest BCUT2D eigenvalue weighted by molar-refractivity contribution is -0.130. The zero-order chi connectivity index (χ0) is 18.8. The molecule has 2 rings (SSSR count). The maximum absolute atomic E-state index is 12.0. The van der Waals surface area contributed by atoms with Crippen molar-refractivity contribution in [2.75, 3.05) is 26.2 Å². The Hall–Kier alpha value is -1.63. The van der Waals surface area contributed by atoms with E-state index in [-0.39, 0.29) is 0 Å². The Morgan fingerprint density at radius 3 is 2.92 bits per heavy atom. The zero-order valence-electron chi connectivity index (χ0n) is 16.4. The highest BCUT2D eigenvalue weighted by Gasteiger charge is 2.15. The number of rotatable bonds is 8. The number of hydrogen-bond acceptors (Lipinski definition) is 4. The summed E-state index contributed by atoms with van der Waals surface area (Å²) in [5.74, 6) is 1.59. The molecular formula is C19H33N5OS. The second-order valence-electron chi connectivity index (χ2n) is 7.00. The first-order valence-electron chi connectivity index (χ1n) is 9.84. The first-order valence-corrected chi connectivity index (χ1v) is 10.7. The number of carbonyl (C=O) groups excluding carboxylic acids is 1. The molecule has 1 aliphatic rings. The van der Waals surface area contributed by atoms with Gasteiger partial charge in [0.1, 0.15) is 0 Å². The first kappa shape index (κ1) is 20.7. The van der Waals surface area contributed by atoms with Crippen LogP contribution in [0.5, 0.6) is 0 Å². The molecule has 1 saturated heterocycles. The van der Waals surface area contributed by atoms with Gasteiger partial charge in [-0.25, -0.2) is 9.98 Å². The van der Waals surface area contributed by atoms with Crippen molar-refractivity contribution in [1.82, 2.24) is 20.5 Å². The highest BCUT2D eigenvalue weighted by Crippen LogP contribution is 2.19. The number of nitrogens with one attached hydrogen (secondary N) is 2. The summed E-state index contributed by atoms with van der Waals surface area (Å²) in [5.41, 5.74) is 1.02. The number of amides is 1. The molecule has 2 heterocycles. The Labute approximate surface area is 161 Å². The van der Waals surface area contributed by atoms with E-state index in [0.29, 0.717) is 24.8 Å². The van der Waals surface area contributed by atoms with Crippen LogP contribution < -0.4 is 10.6 Å². The second-order valence-corrected chi connectivity index (χ2v) is 7.89. The van der Waals surface area contributed by atoms with E-state index in [1.165, 1.54) is 6.42 Å². The van der Waals surface area contributed by atoms with Crippen LogP contribution in [0.1, 0.15) is 69.5 Å². The molecule has 0 bridgehead atoms. The van der Waals surface area contributed by atoms with Crippen molar-refractivity contribution in [1.29, 1.82) is 0 Å². The third-order valence-electron chi connectivity index (χ3n) is 4.38. The maximum Gasteiger partial charge on any atom is 0.222 e. The largest absolute Gasteiger partial charge is 0.357 e. The molecule has 1 aromatic rings. The normalized spacial score (nSPS) is 16.1. The van der Waals surface area contributed by atoms with Gasteiger partial charge in [0.25, 0.3) is 0 Å². The quantitative estimate of drug-likeness (QED) is 0.414. The summed E-state index contributed by atoms with van der Waals surface area (Å²) >= 11 is 1.70. The highest BCUT2D eigenvalue weighted by molar-refractivity contribution is 7.09. The van der Waals surface area contributed by atoms with E-state index in [1.54, 1.807) is 11.3 Å². The number of guanidine groups is 1. The van der Waals surface area contributed by atoms with Gasteiger partial charge in [0.2, 0.25) is 5.91 Å². The molecule has 0 aromatic carbocycles. The Kier molecular flexibility index (Phi) is 8.88. The monoisotopic (exact) mass is 379 g/mol. The van der Waals surface area contributed by atoms with Crippen LogP contribution in [0.3, 0.4) is 0 Å². The third kappa shape index (κ3) is 6.94. The van der Waals surface area contributed by atoms with E-state index in [0.717, 1.165) is 62.1 Å². The molecule has 0 atom stereocenters. The fraction of sp³-hybridized carbons (Fsp3) is 0.737. The lowest BCUT2D eigenvalue weighted by Crippen LogP contribution is -2.39. The predicted octanol–water partition coefficient (Wildman–Crippen LogP) is 3.11. The fourth-order valence-electron chi connectivity index (χ4n) is 2.91. The van der Waals surface area contributed by atoms with Gasteiger partial charge < -0.3 is 15.5 Å². The van der Waals surface area contributed by atoms with Crippen molar-refractivity contribution < 1.29 is 4.79 Å². The van der Waals surface area contributed by atoms with Gasteiger partial charge in [-0.15, -0.1) is 11.3 Å². The van der Waals surface area contributed by atoms with Crippen LogP contribution >= 0.6 is 11.3 Å². The molecule has 7 heteroatoms. The summed E-state index contributed by atoms with van der Waals surface area (Å²) < 4.78 is 0. The lowest BCUT2D eigenvalue weighted by Gasteiger charge is -2.20. The topological polar surface area (TPSA) is 69.6 Å². The van der Waals surface area contributed by atoms with Gasteiger partial charge in [-0.1, -0.05) is 20.3 Å². The van der Waals surface area contributed by atoms with Crippen molar-refractivity contribution in [3.63, 3.8) is 0 Å². The van der Waals surface area contributed by atoms with Crippen LogP contribution in [0.2, 0.25) is 0 Å². The Bertz CT molecular complexity index is 584. The predicted molar refractivity (Wildman–Crippen MR) is 109 cm³/mol. The van der Waals surface area contributed by atoms with Crippen molar-refractivity contribution in [2.24, 2.45) is 4.99 Å². The van der Waals surface area contributed by atoms with Crippen molar-refractivity contribution >= 4 is 23.2 Å². The summed E-state index contributed by atoms with van der Waals surface area (Å²) in [7, 11) is 0. The van der Waals surface area contributed by atoms with Gasteiger partial charge in [-0.3, -0.25) is 4.79 Å². The zero-order valence-corrected chi connectivity index (χ0v) is 17.2. The second kappa shape index (κ2) is 11.2. The number of carbonyl (C=O) groups is 1. The first-order chi connectivity index (χ1) is 12.6. The molecule has 0 saturated carbocycles. The van der Waals surface area contributed by atoms with Crippen LogP contribution in [0, 0.1) is 0 Å². The van der Waals surface area contributed by atoms with Crippen molar-refractivity contribution in [3.05, 3.63) is 16.1 Å². The van der Waals surface area contributed by atoms with Crippen LogP contribution in [-0.2, 0) is 11.3 Å². The molecule has 2 N–H and O–H groups in total. The standard InChI is InChI=1S/C19H33N5OS/c1-4-20-19(22-13-16-14-26-18(23-16)15(2)3)21-10-8-12-24-11-7-5-6-9-17(24)25/h14-15H,4-13H2,1-3H3,(H2,20,21,22).